The minimum absolute atomic E-state index is 0.203. The van der Waals surface area contributed by atoms with Gasteiger partial charge in [-0.2, -0.15) is 0 Å². The lowest BCUT2D eigenvalue weighted by molar-refractivity contribution is -0.137. The van der Waals surface area contributed by atoms with E-state index in [1.807, 2.05) is 0 Å². The molecule has 0 radical (unpaired) electrons. The highest BCUT2D eigenvalue weighted by atomic mass is 79.9. The van der Waals surface area contributed by atoms with Gasteiger partial charge in [0, 0.05) is 23.5 Å². The number of carboxylic acid groups (broad SMARTS) is 1. The van der Waals surface area contributed by atoms with Gasteiger partial charge < -0.3 is 5.11 Å². The summed E-state index contributed by atoms with van der Waals surface area (Å²) in [4.78, 5) is 20.4. The first-order valence-electron chi connectivity index (χ1n) is 8.06. The quantitative estimate of drug-likeness (QED) is 0.187. The first-order chi connectivity index (χ1) is 10.5. The maximum atomic E-state index is 10.3. The van der Waals surface area contributed by atoms with Crippen LogP contribution in [0.4, 0.5) is 0 Å². The molecule has 6 heteroatoms. The third-order valence-electron chi connectivity index (χ3n) is 3.03. The molecular weight excluding hydrogens is 435 g/mol. The van der Waals surface area contributed by atoms with Gasteiger partial charge in [0.1, 0.15) is 0 Å². The van der Waals surface area contributed by atoms with Gasteiger partial charge in [-0.1, -0.05) is 70.4 Å². The number of unbranched alkanes of at least 4 members (excludes halogenated alkanes) is 8. The number of carbonyl (C=O) groups excluding carboxylic acids is 1. The fraction of sp³-hybridized carbons (Fsp3) is 0.875. The summed E-state index contributed by atoms with van der Waals surface area (Å²) in [6.45, 7) is 0. The molecule has 0 spiro atoms. The van der Waals surface area contributed by atoms with Gasteiger partial charge in [0.2, 0.25) is 5.24 Å². The zero-order valence-corrected chi connectivity index (χ0v) is 17.2. The average molecular weight is 465 g/mol. The zero-order valence-electron chi connectivity index (χ0n) is 13.3. The van der Waals surface area contributed by atoms with Crippen LogP contribution in [0.5, 0.6) is 0 Å². The Morgan fingerprint density at radius 2 is 1.05 bits per heavy atom. The Morgan fingerprint density at radius 3 is 1.41 bits per heavy atom. The lowest BCUT2D eigenvalue weighted by Crippen LogP contribution is -1.93. The molecule has 0 saturated heterocycles. The van der Waals surface area contributed by atoms with Gasteiger partial charge in [0.05, 0.1) is 0 Å². The summed E-state index contributed by atoms with van der Waals surface area (Å²) in [5.41, 5.74) is 0. The van der Waals surface area contributed by atoms with Gasteiger partial charge in [-0.25, -0.2) is 0 Å². The Morgan fingerprint density at radius 1 is 0.682 bits per heavy atom. The van der Waals surface area contributed by atoms with Crippen LogP contribution in [0, 0.1) is 0 Å². The molecule has 22 heavy (non-hydrogen) atoms. The third kappa shape index (κ3) is 28.5. The molecule has 0 aliphatic heterocycles. The van der Waals surface area contributed by atoms with Crippen LogP contribution in [0.2, 0.25) is 0 Å². The molecule has 0 unspecified atom stereocenters. The predicted octanol–water partition coefficient (Wildman–Crippen LogP) is 6.29. The van der Waals surface area contributed by atoms with Crippen LogP contribution in [0.25, 0.3) is 0 Å². The minimum Gasteiger partial charge on any atom is -0.481 e. The Labute approximate surface area is 156 Å². The topological polar surface area (TPSA) is 54.4 Å². The average Bonchev–Trinajstić information content (AvgIpc) is 2.46. The Bertz CT molecular complexity index is 238. The van der Waals surface area contributed by atoms with Crippen LogP contribution in [-0.2, 0) is 9.59 Å². The van der Waals surface area contributed by atoms with Crippen molar-refractivity contribution in [2.24, 2.45) is 0 Å². The minimum atomic E-state index is -0.675. The van der Waals surface area contributed by atoms with Crippen LogP contribution in [0.3, 0.4) is 0 Å². The summed E-state index contributed by atoms with van der Waals surface area (Å²) in [6.07, 6.45) is 12.1. The number of alkyl halides is 2. The Kier molecular flexibility index (Phi) is 24.0. The molecule has 0 aromatic rings. The van der Waals surface area contributed by atoms with Crippen LogP contribution >= 0.6 is 43.5 Å². The van der Waals surface area contributed by atoms with Gasteiger partial charge in [-0.15, -0.1) is 0 Å². The second-order valence-electron chi connectivity index (χ2n) is 5.16. The molecule has 132 valence electrons. The van der Waals surface area contributed by atoms with Crippen molar-refractivity contribution >= 4 is 54.7 Å². The van der Waals surface area contributed by atoms with Gasteiger partial charge in [0.25, 0.3) is 0 Å². The number of hydrogen-bond donors (Lipinski definition) is 1. The van der Waals surface area contributed by atoms with E-state index in [1.165, 1.54) is 38.5 Å². The van der Waals surface area contributed by atoms with Crippen LogP contribution in [-0.4, -0.2) is 27.0 Å². The number of carboxylic acids is 1. The van der Waals surface area contributed by atoms with E-state index in [0.29, 0.717) is 12.8 Å². The molecule has 0 atom stereocenters. The van der Waals surface area contributed by atoms with E-state index in [1.54, 1.807) is 0 Å². The van der Waals surface area contributed by atoms with E-state index in [-0.39, 0.29) is 5.24 Å². The van der Waals surface area contributed by atoms with Crippen LogP contribution in [0.15, 0.2) is 0 Å². The normalized spacial score (nSPS) is 9.95. The van der Waals surface area contributed by atoms with Gasteiger partial charge in [0.15, 0.2) is 0 Å². The number of hydrogen-bond acceptors (Lipinski definition) is 2. The molecule has 0 heterocycles. The maximum Gasteiger partial charge on any atom is 0.303 e. The van der Waals surface area contributed by atoms with Crippen molar-refractivity contribution in [2.45, 2.75) is 77.0 Å². The number of rotatable bonds is 14. The molecule has 0 fully saturated rings. The Hall–Kier alpha value is 0.390. The smallest absolute Gasteiger partial charge is 0.303 e. The lowest BCUT2D eigenvalue weighted by Gasteiger charge is -1.96. The Balaban J connectivity index is 0. The van der Waals surface area contributed by atoms with E-state index in [0.717, 1.165) is 36.3 Å². The second-order valence-corrected chi connectivity index (χ2v) is 7.17. The molecule has 0 rings (SSSR count). The van der Waals surface area contributed by atoms with Crippen molar-refractivity contribution < 1.29 is 14.7 Å². The molecule has 0 aromatic carbocycles. The molecule has 0 amide bonds. The first kappa shape index (κ1) is 24.6. The SMILES string of the molecule is O=C(Cl)CCCCCCCBr.O=C(O)CCCCCCCBr. The second kappa shape index (κ2) is 21.4. The number of halogens is 3. The zero-order chi connectivity index (χ0) is 17.1. The summed E-state index contributed by atoms with van der Waals surface area (Å²) in [5.74, 6) is -0.675. The molecule has 0 bridgehead atoms. The summed E-state index contributed by atoms with van der Waals surface area (Å²) >= 11 is 11.9. The highest BCUT2D eigenvalue weighted by Gasteiger charge is 1.96. The molecule has 0 aliphatic carbocycles. The largest absolute Gasteiger partial charge is 0.481 e. The first-order valence-corrected chi connectivity index (χ1v) is 10.7. The molecule has 0 saturated carbocycles. The van der Waals surface area contributed by atoms with Gasteiger partial charge in [-0.3, -0.25) is 9.59 Å². The highest BCUT2D eigenvalue weighted by Crippen LogP contribution is 2.07. The summed E-state index contributed by atoms with van der Waals surface area (Å²) in [5, 5.41) is 10.3. The fourth-order valence-corrected chi connectivity index (χ4v) is 2.72. The van der Waals surface area contributed by atoms with E-state index < -0.39 is 5.97 Å². The highest BCUT2D eigenvalue weighted by molar-refractivity contribution is 9.09. The van der Waals surface area contributed by atoms with Crippen molar-refractivity contribution in [3.05, 3.63) is 0 Å². The van der Waals surface area contributed by atoms with E-state index in [2.05, 4.69) is 31.9 Å². The predicted molar refractivity (Wildman–Crippen MR) is 101 cm³/mol. The fourth-order valence-electron chi connectivity index (χ4n) is 1.79. The van der Waals surface area contributed by atoms with E-state index in [9.17, 15) is 9.59 Å². The third-order valence-corrected chi connectivity index (χ3v) is 4.34. The summed E-state index contributed by atoms with van der Waals surface area (Å²) in [6, 6.07) is 0. The maximum absolute atomic E-state index is 10.3. The van der Waals surface area contributed by atoms with Crippen molar-refractivity contribution in [3.63, 3.8) is 0 Å². The lowest BCUT2D eigenvalue weighted by atomic mass is 10.1. The van der Waals surface area contributed by atoms with Crippen LogP contribution < -0.4 is 0 Å². The van der Waals surface area contributed by atoms with Gasteiger partial charge in [-0.05, 0) is 37.3 Å². The molecular formula is C16H29Br2ClO3. The molecule has 3 nitrogen and oxygen atoms in total. The molecule has 1 N–H and O–H groups in total. The summed E-state index contributed by atoms with van der Waals surface area (Å²) in [7, 11) is 0. The van der Waals surface area contributed by atoms with Crippen molar-refractivity contribution in [2.75, 3.05) is 10.7 Å². The van der Waals surface area contributed by atoms with Crippen LogP contribution in [0.1, 0.15) is 77.0 Å². The van der Waals surface area contributed by atoms with Gasteiger partial charge >= 0.3 is 5.97 Å². The number of carbonyl (C=O) groups is 2. The number of aliphatic carboxylic acids is 1. The molecule has 0 aliphatic rings. The standard InChI is InChI=1S/C8H14BrClO.C8H15BrO2/c2*9-7-5-3-1-2-4-6-8(10)11/h1-7H2;1-7H2,(H,10,11). The van der Waals surface area contributed by atoms with Crippen molar-refractivity contribution in [1.82, 2.24) is 0 Å². The van der Waals surface area contributed by atoms with Crippen molar-refractivity contribution in [3.8, 4) is 0 Å². The van der Waals surface area contributed by atoms with E-state index >= 15 is 0 Å². The van der Waals surface area contributed by atoms with E-state index in [4.69, 9.17) is 16.7 Å². The van der Waals surface area contributed by atoms with Crippen molar-refractivity contribution in [1.29, 1.82) is 0 Å². The summed E-state index contributed by atoms with van der Waals surface area (Å²) < 4.78 is 0. The monoisotopic (exact) mass is 462 g/mol. The molecule has 0 aromatic heterocycles.